The molecule has 1 unspecified atom stereocenters. The van der Waals surface area contributed by atoms with Crippen molar-refractivity contribution in [2.45, 2.75) is 12.5 Å². The number of nitrogens with zero attached hydrogens (tertiary/aromatic N) is 4. The van der Waals surface area contributed by atoms with Crippen LogP contribution in [0.5, 0.6) is 5.75 Å². The Morgan fingerprint density at radius 1 is 1.29 bits per heavy atom. The van der Waals surface area contributed by atoms with E-state index in [-0.39, 0.29) is 0 Å². The van der Waals surface area contributed by atoms with Crippen LogP contribution in [0.2, 0.25) is 0 Å². The summed E-state index contributed by atoms with van der Waals surface area (Å²) in [4.78, 5) is 4.53. The summed E-state index contributed by atoms with van der Waals surface area (Å²) < 4.78 is 7.45. The van der Waals surface area contributed by atoms with Gasteiger partial charge in [0.2, 0.25) is 0 Å². The van der Waals surface area contributed by atoms with Gasteiger partial charge in [0.1, 0.15) is 11.6 Å². The first-order valence-electron chi connectivity index (χ1n) is 11.2. The summed E-state index contributed by atoms with van der Waals surface area (Å²) >= 11 is 0. The largest absolute Gasteiger partial charge is 0.494 e. The van der Waals surface area contributed by atoms with Gasteiger partial charge in [-0.25, -0.2) is 5.84 Å². The number of ether oxygens (including phenoxy) is 1. The molecule has 0 aliphatic carbocycles. The second-order valence-corrected chi connectivity index (χ2v) is 8.75. The average Bonchev–Trinajstić information content (AvgIpc) is 3.46. The maximum absolute atomic E-state index is 8.55. The molecule has 0 spiro atoms. The topological polar surface area (TPSA) is 133 Å². The highest BCUT2D eigenvalue weighted by atomic mass is 16.5. The Kier molecular flexibility index (Phi) is 6.62. The molecule has 0 saturated carbocycles. The lowest BCUT2D eigenvalue weighted by Crippen LogP contribution is -2.31. The van der Waals surface area contributed by atoms with Gasteiger partial charge in [0.15, 0.2) is 0 Å². The maximum Gasteiger partial charge on any atom is 0.144 e. The number of rotatable bonds is 8. The zero-order valence-corrected chi connectivity index (χ0v) is 20.1. The van der Waals surface area contributed by atoms with Crippen molar-refractivity contribution < 1.29 is 4.74 Å². The standard InChI is InChI=1S/C24H33N9O/c1-31(2)17-7-8-33(14-17)22-12-23(34-4)20(10-19(22)26)29-24(30-27)11-18(25)15-5-6-21-16(9-15)13-28-32(21)3/h5-6,9-13,17,25,29-30H,7-8,14,26-27H2,1-4H3/b24-11-,25-18?. The first-order valence-corrected chi connectivity index (χ1v) is 11.2. The monoisotopic (exact) mass is 463 g/mol. The molecule has 1 fully saturated rings. The first kappa shape index (κ1) is 23.4. The number of nitrogens with two attached hydrogens (primary N) is 2. The van der Waals surface area contributed by atoms with Gasteiger partial charge in [-0.3, -0.25) is 4.68 Å². The zero-order chi connectivity index (χ0) is 24.4. The molecule has 3 aromatic rings. The minimum Gasteiger partial charge on any atom is -0.494 e. The smallest absolute Gasteiger partial charge is 0.144 e. The zero-order valence-electron chi connectivity index (χ0n) is 20.1. The number of likely N-dealkylation sites (N-methyl/N-ethyl adjacent to an activating group) is 1. The molecule has 0 amide bonds. The lowest BCUT2D eigenvalue weighted by molar-refractivity contribution is 0.315. The number of hydrogen-bond donors (Lipinski definition) is 5. The van der Waals surface area contributed by atoms with Crippen LogP contribution in [-0.2, 0) is 7.05 Å². The fourth-order valence-corrected chi connectivity index (χ4v) is 4.33. The van der Waals surface area contributed by atoms with E-state index in [2.05, 4.69) is 39.7 Å². The molecule has 7 N–H and O–H groups in total. The summed E-state index contributed by atoms with van der Waals surface area (Å²) in [6.45, 7) is 1.86. The minimum atomic E-state index is 0.293. The van der Waals surface area contributed by atoms with Crippen LogP contribution in [0.4, 0.5) is 17.1 Å². The third-order valence-electron chi connectivity index (χ3n) is 6.35. The lowest BCUT2D eigenvalue weighted by atomic mass is 10.1. The normalized spacial score (nSPS) is 16.4. The summed E-state index contributed by atoms with van der Waals surface area (Å²) in [5.41, 5.74) is 13.4. The summed E-state index contributed by atoms with van der Waals surface area (Å²) in [7, 11) is 7.72. The van der Waals surface area contributed by atoms with Gasteiger partial charge in [-0.2, -0.15) is 5.10 Å². The van der Waals surface area contributed by atoms with Crippen LogP contribution < -0.4 is 32.0 Å². The lowest BCUT2D eigenvalue weighted by Gasteiger charge is -2.24. The van der Waals surface area contributed by atoms with Crippen molar-refractivity contribution in [3.8, 4) is 5.75 Å². The van der Waals surface area contributed by atoms with Gasteiger partial charge < -0.3 is 36.4 Å². The van der Waals surface area contributed by atoms with E-state index in [4.69, 9.17) is 21.7 Å². The van der Waals surface area contributed by atoms with E-state index in [1.165, 1.54) is 0 Å². The number of hydrogen-bond acceptors (Lipinski definition) is 9. The number of anilines is 3. The Bertz CT molecular complexity index is 1230. The van der Waals surface area contributed by atoms with E-state index in [9.17, 15) is 0 Å². The molecule has 34 heavy (non-hydrogen) atoms. The number of hydrazine groups is 1. The van der Waals surface area contributed by atoms with Gasteiger partial charge in [-0.15, -0.1) is 0 Å². The van der Waals surface area contributed by atoms with Gasteiger partial charge >= 0.3 is 0 Å². The molecule has 0 radical (unpaired) electrons. The highest BCUT2D eigenvalue weighted by molar-refractivity contribution is 6.08. The number of nitrogen functional groups attached to an aromatic ring is 1. The van der Waals surface area contributed by atoms with Crippen molar-refractivity contribution in [1.29, 1.82) is 5.41 Å². The number of aryl methyl sites for hydroxylation is 1. The molecule has 2 aromatic carbocycles. The number of aromatic nitrogens is 2. The molecule has 10 heteroatoms. The SMILES string of the molecule is COc1cc(N2CCC(N(C)C)C2)c(N)cc1N/C(=C/C(=N)c1ccc2c(cnn2C)c1)NN. The van der Waals surface area contributed by atoms with E-state index >= 15 is 0 Å². The van der Waals surface area contributed by atoms with E-state index in [0.29, 0.717) is 34.7 Å². The van der Waals surface area contributed by atoms with Gasteiger partial charge in [-0.1, -0.05) is 6.07 Å². The quantitative estimate of drug-likeness (QED) is 0.148. The maximum atomic E-state index is 8.55. The minimum absolute atomic E-state index is 0.293. The average molecular weight is 464 g/mol. The first-order chi connectivity index (χ1) is 16.3. The number of benzene rings is 2. The van der Waals surface area contributed by atoms with E-state index in [1.54, 1.807) is 24.1 Å². The Hall–Kier alpha value is -3.76. The summed E-state index contributed by atoms with van der Waals surface area (Å²) in [6.07, 6.45) is 4.50. The fourth-order valence-electron chi connectivity index (χ4n) is 4.33. The van der Waals surface area contributed by atoms with E-state index in [1.807, 2.05) is 37.4 Å². The molecule has 10 nitrogen and oxygen atoms in total. The van der Waals surface area contributed by atoms with Crippen LogP contribution in [0.15, 0.2) is 48.4 Å². The van der Waals surface area contributed by atoms with Crippen molar-refractivity contribution in [2.75, 3.05) is 50.2 Å². The summed E-state index contributed by atoms with van der Waals surface area (Å²) in [5, 5.41) is 17.0. The number of allylic oxidation sites excluding steroid dienone is 1. The molecule has 0 bridgehead atoms. The summed E-state index contributed by atoms with van der Waals surface area (Å²) in [6, 6.07) is 10.1. The predicted molar refractivity (Wildman–Crippen MR) is 138 cm³/mol. The molecular formula is C24H33N9O. The second-order valence-electron chi connectivity index (χ2n) is 8.75. The highest BCUT2D eigenvalue weighted by Crippen LogP contribution is 2.37. The molecule has 1 saturated heterocycles. The molecule has 4 rings (SSSR count). The number of nitrogens with one attached hydrogen (secondary N) is 3. The molecule has 1 atom stereocenters. The van der Waals surface area contributed by atoms with Crippen molar-refractivity contribution in [3.63, 3.8) is 0 Å². The highest BCUT2D eigenvalue weighted by Gasteiger charge is 2.26. The van der Waals surface area contributed by atoms with Gasteiger partial charge in [0.05, 0.1) is 41.6 Å². The predicted octanol–water partition coefficient (Wildman–Crippen LogP) is 2.09. The van der Waals surface area contributed by atoms with Crippen LogP contribution in [0.25, 0.3) is 10.9 Å². The van der Waals surface area contributed by atoms with Crippen molar-refractivity contribution in [1.82, 2.24) is 20.1 Å². The Balaban J connectivity index is 1.56. The molecule has 1 aromatic heterocycles. The Morgan fingerprint density at radius 2 is 2.09 bits per heavy atom. The van der Waals surface area contributed by atoms with Crippen LogP contribution in [-0.4, -0.2) is 60.7 Å². The van der Waals surface area contributed by atoms with E-state index < -0.39 is 0 Å². The Morgan fingerprint density at radius 3 is 2.76 bits per heavy atom. The van der Waals surface area contributed by atoms with Crippen LogP contribution in [0.3, 0.4) is 0 Å². The van der Waals surface area contributed by atoms with Crippen molar-refractivity contribution in [2.24, 2.45) is 12.9 Å². The summed E-state index contributed by atoms with van der Waals surface area (Å²) in [5.74, 6) is 6.85. The molecular weight excluding hydrogens is 430 g/mol. The number of fused-ring (bicyclic) bond motifs is 1. The number of methoxy groups -OCH3 is 1. The van der Waals surface area contributed by atoms with Crippen LogP contribution in [0, 0.1) is 5.41 Å². The molecule has 1 aliphatic rings. The van der Waals surface area contributed by atoms with E-state index in [0.717, 1.165) is 41.7 Å². The molecule has 180 valence electrons. The second kappa shape index (κ2) is 9.62. The van der Waals surface area contributed by atoms with Gasteiger partial charge in [0, 0.05) is 49.3 Å². The Labute approximate surface area is 199 Å². The van der Waals surface area contributed by atoms with Gasteiger partial charge in [0.25, 0.3) is 0 Å². The third kappa shape index (κ3) is 4.63. The van der Waals surface area contributed by atoms with Crippen molar-refractivity contribution in [3.05, 3.63) is 54.0 Å². The fraction of sp³-hybridized carbons (Fsp3) is 0.333. The van der Waals surface area contributed by atoms with Gasteiger partial charge in [-0.05, 0) is 38.7 Å². The molecule has 2 heterocycles. The third-order valence-corrected chi connectivity index (χ3v) is 6.35. The van der Waals surface area contributed by atoms with Crippen LogP contribution in [0.1, 0.15) is 12.0 Å². The molecule has 1 aliphatic heterocycles. The van der Waals surface area contributed by atoms with Crippen molar-refractivity contribution >= 4 is 33.7 Å². The van der Waals surface area contributed by atoms with Crippen LogP contribution >= 0.6 is 0 Å².